The molecule has 21 heavy (non-hydrogen) atoms. The molecule has 0 radical (unpaired) electrons. The molecule has 5 nitrogen and oxygen atoms in total. The lowest BCUT2D eigenvalue weighted by Gasteiger charge is -2.02. The lowest BCUT2D eigenvalue weighted by molar-refractivity contribution is 0.174. The Balaban J connectivity index is 1.88. The molecule has 0 spiro atoms. The van der Waals surface area contributed by atoms with Crippen molar-refractivity contribution in [3.63, 3.8) is 0 Å². The number of aromatic nitrogens is 2. The molecule has 3 aromatic rings. The molecule has 3 heterocycles. The van der Waals surface area contributed by atoms with E-state index in [2.05, 4.69) is 16.9 Å². The van der Waals surface area contributed by atoms with Gasteiger partial charge in [0.05, 0.1) is 5.39 Å². The summed E-state index contributed by atoms with van der Waals surface area (Å²) in [5.41, 5.74) is 0.702. The maximum atomic E-state index is 12.2. The molecule has 2 aromatic heterocycles. The zero-order chi connectivity index (χ0) is 14.4. The van der Waals surface area contributed by atoms with Gasteiger partial charge in [-0.25, -0.2) is 4.98 Å². The largest absolute Gasteiger partial charge is 0.454 e. The average Bonchev–Trinajstić information content (AvgIpc) is 3.12. The fourth-order valence-electron chi connectivity index (χ4n) is 2.34. The molecular weight excluding hydrogens is 288 g/mol. The molecule has 0 saturated carbocycles. The van der Waals surface area contributed by atoms with E-state index in [0.717, 1.165) is 21.7 Å². The molecule has 0 atom stereocenters. The van der Waals surface area contributed by atoms with Crippen LogP contribution in [0.1, 0.15) is 11.8 Å². The highest BCUT2D eigenvalue weighted by atomic mass is 32.1. The Kier molecular flexibility index (Phi) is 2.71. The van der Waals surface area contributed by atoms with Gasteiger partial charge < -0.3 is 14.5 Å². The van der Waals surface area contributed by atoms with Gasteiger partial charge in [0.15, 0.2) is 11.5 Å². The first kappa shape index (κ1) is 12.4. The normalized spacial score (nSPS) is 13.0. The smallest absolute Gasteiger partial charge is 0.259 e. The van der Waals surface area contributed by atoms with E-state index < -0.39 is 0 Å². The molecule has 4 rings (SSSR count). The summed E-state index contributed by atoms with van der Waals surface area (Å²) in [7, 11) is 0. The van der Waals surface area contributed by atoms with Crippen LogP contribution in [0.15, 0.2) is 29.1 Å². The number of aromatic amines is 1. The molecule has 1 aliphatic heterocycles. The highest BCUT2D eigenvalue weighted by Gasteiger charge is 2.16. The van der Waals surface area contributed by atoms with Crippen LogP contribution in [0.2, 0.25) is 0 Å². The van der Waals surface area contributed by atoms with E-state index in [9.17, 15) is 4.79 Å². The van der Waals surface area contributed by atoms with Gasteiger partial charge in [-0.3, -0.25) is 4.79 Å². The van der Waals surface area contributed by atoms with Crippen molar-refractivity contribution < 1.29 is 9.47 Å². The maximum absolute atomic E-state index is 12.2. The number of thiophene rings is 1. The number of hydrogen-bond acceptors (Lipinski definition) is 5. The predicted molar refractivity (Wildman–Crippen MR) is 81.2 cm³/mol. The molecule has 106 valence electrons. The number of nitrogens with zero attached hydrogens (tertiary/aromatic N) is 1. The SMILES string of the molecule is CCc1cc2c(=O)[nH]c(-c3ccc4c(c3)OCO4)nc2s1. The zero-order valence-corrected chi connectivity index (χ0v) is 12.1. The van der Waals surface area contributed by atoms with Crippen LogP contribution in [0, 0.1) is 0 Å². The fraction of sp³-hybridized carbons (Fsp3) is 0.200. The number of nitrogens with one attached hydrogen (secondary N) is 1. The summed E-state index contributed by atoms with van der Waals surface area (Å²) in [5, 5.41) is 0.654. The number of rotatable bonds is 2. The van der Waals surface area contributed by atoms with Gasteiger partial charge in [-0.05, 0) is 30.7 Å². The van der Waals surface area contributed by atoms with Crippen molar-refractivity contribution in [2.75, 3.05) is 6.79 Å². The number of hydrogen-bond donors (Lipinski definition) is 1. The molecule has 6 heteroatoms. The summed E-state index contributed by atoms with van der Waals surface area (Å²) in [6.45, 7) is 2.30. The Morgan fingerprint density at radius 1 is 1.29 bits per heavy atom. The van der Waals surface area contributed by atoms with Crippen molar-refractivity contribution in [2.24, 2.45) is 0 Å². The fourth-order valence-corrected chi connectivity index (χ4v) is 3.30. The molecule has 1 aromatic carbocycles. The standard InChI is InChI=1S/C15H12N2O3S/c1-2-9-6-10-14(18)16-13(17-15(10)21-9)8-3-4-11-12(5-8)20-7-19-11/h3-6H,2,7H2,1H3,(H,16,17,18). The van der Waals surface area contributed by atoms with Crippen LogP contribution in [0.5, 0.6) is 11.5 Å². The molecule has 0 unspecified atom stereocenters. The van der Waals surface area contributed by atoms with Crippen LogP contribution in [0.3, 0.4) is 0 Å². The molecule has 0 fully saturated rings. The van der Waals surface area contributed by atoms with Crippen molar-refractivity contribution in [3.8, 4) is 22.9 Å². The van der Waals surface area contributed by atoms with Gasteiger partial charge in [-0.15, -0.1) is 11.3 Å². The Hall–Kier alpha value is -2.34. The van der Waals surface area contributed by atoms with Crippen molar-refractivity contribution in [2.45, 2.75) is 13.3 Å². The second-order valence-electron chi connectivity index (χ2n) is 4.77. The van der Waals surface area contributed by atoms with Gasteiger partial charge in [-0.1, -0.05) is 6.92 Å². The van der Waals surface area contributed by atoms with Crippen molar-refractivity contribution >= 4 is 21.6 Å². The Morgan fingerprint density at radius 3 is 3.00 bits per heavy atom. The third-order valence-electron chi connectivity index (χ3n) is 3.45. The van der Waals surface area contributed by atoms with Gasteiger partial charge in [0, 0.05) is 10.4 Å². The molecular formula is C15H12N2O3S. The molecule has 0 bridgehead atoms. The number of H-pyrrole nitrogens is 1. The van der Waals surface area contributed by atoms with Crippen LogP contribution < -0.4 is 15.0 Å². The predicted octanol–water partition coefficient (Wildman–Crippen LogP) is 2.94. The van der Waals surface area contributed by atoms with Gasteiger partial charge in [-0.2, -0.15) is 0 Å². The first-order chi connectivity index (χ1) is 10.2. The zero-order valence-electron chi connectivity index (χ0n) is 11.3. The minimum Gasteiger partial charge on any atom is -0.454 e. The van der Waals surface area contributed by atoms with Crippen molar-refractivity contribution in [1.29, 1.82) is 0 Å². The number of ether oxygens (including phenoxy) is 2. The van der Waals surface area contributed by atoms with Crippen molar-refractivity contribution in [1.82, 2.24) is 9.97 Å². The molecule has 1 aliphatic rings. The van der Waals surface area contributed by atoms with E-state index in [-0.39, 0.29) is 12.4 Å². The highest BCUT2D eigenvalue weighted by molar-refractivity contribution is 7.18. The van der Waals surface area contributed by atoms with Crippen LogP contribution in [0.4, 0.5) is 0 Å². The topological polar surface area (TPSA) is 64.2 Å². The van der Waals surface area contributed by atoms with Crippen LogP contribution in [0.25, 0.3) is 21.6 Å². The Bertz CT molecular complexity index is 898. The first-order valence-electron chi connectivity index (χ1n) is 6.67. The maximum Gasteiger partial charge on any atom is 0.259 e. The molecule has 0 aliphatic carbocycles. The van der Waals surface area contributed by atoms with Gasteiger partial charge in [0.25, 0.3) is 5.56 Å². The van der Waals surface area contributed by atoms with Crippen LogP contribution in [-0.4, -0.2) is 16.8 Å². The van der Waals surface area contributed by atoms with E-state index in [1.54, 1.807) is 11.3 Å². The Labute approximate surface area is 124 Å². The van der Waals surface area contributed by atoms with E-state index in [1.165, 1.54) is 0 Å². The van der Waals surface area contributed by atoms with E-state index in [4.69, 9.17) is 9.47 Å². The number of benzene rings is 1. The number of aryl methyl sites for hydroxylation is 1. The average molecular weight is 300 g/mol. The summed E-state index contributed by atoms with van der Waals surface area (Å²) in [6, 6.07) is 7.44. The van der Waals surface area contributed by atoms with Crippen LogP contribution in [-0.2, 0) is 6.42 Å². The molecule has 1 N–H and O–H groups in total. The summed E-state index contributed by atoms with van der Waals surface area (Å²) in [5.74, 6) is 1.94. The summed E-state index contributed by atoms with van der Waals surface area (Å²) < 4.78 is 10.6. The van der Waals surface area contributed by atoms with E-state index >= 15 is 0 Å². The number of fused-ring (bicyclic) bond motifs is 2. The van der Waals surface area contributed by atoms with E-state index in [1.807, 2.05) is 24.3 Å². The third kappa shape index (κ3) is 1.99. The monoisotopic (exact) mass is 300 g/mol. The first-order valence-corrected chi connectivity index (χ1v) is 7.49. The third-order valence-corrected chi connectivity index (χ3v) is 4.62. The molecule has 0 amide bonds. The van der Waals surface area contributed by atoms with Crippen molar-refractivity contribution in [3.05, 3.63) is 39.5 Å². The van der Waals surface area contributed by atoms with E-state index in [0.29, 0.717) is 22.7 Å². The second kappa shape index (κ2) is 4.60. The van der Waals surface area contributed by atoms with Gasteiger partial charge in [0.2, 0.25) is 6.79 Å². The van der Waals surface area contributed by atoms with Crippen LogP contribution >= 0.6 is 11.3 Å². The highest BCUT2D eigenvalue weighted by Crippen LogP contribution is 2.35. The quantitative estimate of drug-likeness (QED) is 0.790. The lowest BCUT2D eigenvalue weighted by atomic mass is 10.2. The Morgan fingerprint density at radius 2 is 2.14 bits per heavy atom. The minimum absolute atomic E-state index is 0.108. The molecule has 0 saturated heterocycles. The summed E-state index contributed by atoms with van der Waals surface area (Å²) in [6.07, 6.45) is 0.903. The second-order valence-corrected chi connectivity index (χ2v) is 5.88. The lowest BCUT2D eigenvalue weighted by Crippen LogP contribution is -2.07. The minimum atomic E-state index is -0.108. The van der Waals surface area contributed by atoms with Gasteiger partial charge in [0.1, 0.15) is 10.7 Å². The van der Waals surface area contributed by atoms with Gasteiger partial charge >= 0.3 is 0 Å². The summed E-state index contributed by atoms with van der Waals surface area (Å²) in [4.78, 5) is 21.5. The summed E-state index contributed by atoms with van der Waals surface area (Å²) >= 11 is 1.56.